The zero-order chi connectivity index (χ0) is 24.8. The number of thioether (sulfide) groups is 1. The number of carbonyl (C=O) groups excluding carboxylic acids is 1. The van der Waals surface area contributed by atoms with Crippen molar-refractivity contribution in [2.45, 2.75) is 50.2 Å². The molecule has 2 unspecified atom stereocenters. The first-order valence-electron chi connectivity index (χ1n) is 10.7. The van der Waals surface area contributed by atoms with E-state index in [-0.39, 0.29) is 23.7 Å². The SMILES string of the molecule is COc1ccc(OC(C)c2nnc(SC(C)C(=O)Nc3cccc([N+](=O)[O-])c3)n2C(C)C)cc1. The lowest BCUT2D eigenvalue weighted by molar-refractivity contribution is -0.384. The molecule has 1 amide bonds. The molecule has 1 heterocycles. The lowest BCUT2D eigenvalue weighted by Gasteiger charge is -2.20. The number of ether oxygens (including phenoxy) is 2. The Morgan fingerprint density at radius 3 is 2.38 bits per heavy atom. The van der Waals surface area contributed by atoms with Gasteiger partial charge in [-0.1, -0.05) is 17.8 Å². The summed E-state index contributed by atoms with van der Waals surface area (Å²) in [5.74, 6) is 1.75. The number of rotatable bonds is 10. The van der Waals surface area contributed by atoms with Gasteiger partial charge in [-0.25, -0.2) is 0 Å². The number of amides is 1. The standard InChI is InChI=1S/C23H27N5O5S/c1-14(2)27-21(15(3)33-20-11-9-19(32-5)10-12-20)25-26-23(27)34-16(4)22(29)24-17-7-6-8-18(13-17)28(30)31/h6-16H,1-5H3,(H,24,29). The van der Waals surface area contributed by atoms with Gasteiger partial charge in [-0.3, -0.25) is 14.9 Å². The van der Waals surface area contributed by atoms with Crippen LogP contribution in [0.4, 0.5) is 11.4 Å². The average Bonchev–Trinajstić information content (AvgIpc) is 3.23. The maximum atomic E-state index is 12.7. The van der Waals surface area contributed by atoms with Gasteiger partial charge in [0.1, 0.15) is 11.5 Å². The van der Waals surface area contributed by atoms with Gasteiger partial charge in [0.15, 0.2) is 17.1 Å². The molecule has 0 aliphatic rings. The van der Waals surface area contributed by atoms with E-state index in [1.165, 1.54) is 30.0 Å². The highest BCUT2D eigenvalue weighted by Gasteiger charge is 2.25. The minimum absolute atomic E-state index is 0.0291. The van der Waals surface area contributed by atoms with Crippen LogP contribution in [-0.4, -0.2) is 38.0 Å². The van der Waals surface area contributed by atoms with E-state index in [0.717, 1.165) is 5.75 Å². The fraction of sp³-hybridized carbons (Fsp3) is 0.348. The first-order valence-corrected chi connectivity index (χ1v) is 11.5. The molecule has 180 valence electrons. The Morgan fingerprint density at radius 2 is 1.76 bits per heavy atom. The molecule has 11 heteroatoms. The van der Waals surface area contributed by atoms with Crippen LogP contribution >= 0.6 is 11.8 Å². The molecule has 34 heavy (non-hydrogen) atoms. The van der Waals surface area contributed by atoms with Crippen molar-refractivity contribution in [2.75, 3.05) is 12.4 Å². The van der Waals surface area contributed by atoms with Gasteiger partial charge in [0, 0.05) is 23.9 Å². The number of nitro groups is 1. The van der Waals surface area contributed by atoms with Crippen molar-refractivity contribution in [1.29, 1.82) is 0 Å². The largest absolute Gasteiger partial charge is 0.497 e. The third-order valence-corrected chi connectivity index (χ3v) is 5.98. The molecule has 0 saturated carbocycles. The molecule has 0 radical (unpaired) electrons. The number of nitro benzene ring substituents is 1. The number of nitrogens with one attached hydrogen (secondary N) is 1. The number of carbonyl (C=O) groups is 1. The first-order chi connectivity index (χ1) is 16.2. The normalized spacial score (nSPS) is 12.8. The van der Waals surface area contributed by atoms with Crippen molar-refractivity contribution in [2.24, 2.45) is 0 Å². The number of methoxy groups -OCH3 is 1. The van der Waals surface area contributed by atoms with E-state index < -0.39 is 10.2 Å². The molecule has 0 aliphatic heterocycles. The summed E-state index contributed by atoms with van der Waals surface area (Å²) in [6.45, 7) is 7.64. The maximum Gasteiger partial charge on any atom is 0.271 e. The smallest absolute Gasteiger partial charge is 0.271 e. The second-order valence-electron chi connectivity index (χ2n) is 7.80. The fourth-order valence-corrected chi connectivity index (χ4v) is 4.18. The Balaban J connectivity index is 1.72. The topological polar surface area (TPSA) is 121 Å². The molecule has 0 saturated heterocycles. The van der Waals surface area contributed by atoms with E-state index in [9.17, 15) is 14.9 Å². The Morgan fingerprint density at radius 1 is 1.09 bits per heavy atom. The molecule has 3 aromatic rings. The Bertz CT molecular complexity index is 1150. The molecular formula is C23H27N5O5S. The number of nitrogens with zero attached hydrogens (tertiary/aromatic N) is 4. The van der Waals surface area contributed by atoms with E-state index >= 15 is 0 Å². The molecular weight excluding hydrogens is 458 g/mol. The Hall–Kier alpha value is -3.60. The number of non-ortho nitro benzene ring substituents is 1. The molecule has 1 N–H and O–H groups in total. The van der Waals surface area contributed by atoms with E-state index in [1.54, 1.807) is 20.1 Å². The summed E-state index contributed by atoms with van der Waals surface area (Å²) in [4.78, 5) is 23.2. The van der Waals surface area contributed by atoms with E-state index in [0.29, 0.717) is 22.4 Å². The minimum Gasteiger partial charge on any atom is -0.497 e. The van der Waals surface area contributed by atoms with Crippen molar-refractivity contribution in [3.05, 3.63) is 64.5 Å². The monoisotopic (exact) mass is 485 g/mol. The number of aromatic nitrogens is 3. The third-order valence-electron chi connectivity index (χ3n) is 4.92. The van der Waals surface area contributed by atoms with Gasteiger partial charge in [0.2, 0.25) is 5.91 Å². The molecule has 2 atom stereocenters. The van der Waals surface area contributed by atoms with Gasteiger partial charge in [0.25, 0.3) is 5.69 Å². The van der Waals surface area contributed by atoms with Gasteiger partial charge >= 0.3 is 0 Å². The first kappa shape index (κ1) is 25.0. The van der Waals surface area contributed by atoms with Crippen LogP contribution in [0.15, 0.2) is 53.7 Å². The van der Waals surface area contributed by atoms with Gasteiger partial charge in [-0.2, -0.15) is 0 Å². The minimum atomic E-state index is -0.522. The summed E-state index contributed by atoms with van der Waals surface area (Å²) in [6.07, 6.45) is -0.383. The van der Waals surface area contributed by atoms with Gasteiger partial charge in [0.05, 0.1) is 17.3 Å². The maximum absolute atomic E-state index is 12.7. The van der Waals surface area contributed by atoms with Crippen molar-refractivity contribution >= 4 is 29.0 Å². The summed E-state index contributed by atoms with van der Waals surface area (Å²) in [6, 6.07) is 13.1. The number of benzene rings is 2. The van der Waals surface area contributed by atoms with Crippen molar-refractivity contribution in [3.8, 4) is 11.5 Å². The summed E-state index contributed by atoms with van der Waals surface area (Å²) < 4.78 is 13.2. The van der Waals surface area contributed by atoms with E-state index in [2.05, 4.69) is 15.5 Å². The molecule has 0 spiro atoms. The lowest BCUT2D eigenvalue weighted by Crippen LogP contribution is -2.23. The number of hydrogen-bond acceptors (Lipinski definition) is 8. The van der Waals surface area contributed by atoms with Crippen LogP contribution in [0.1, 0.15) is 45.7 Å². The van der Waals surface area contributed by atoms with E-state index in [1.807, 2.05) is 49.6 Å². The number of anilines is 1. The summed E-state index contributed by atoms with van der Waals surface area (Å²) in [7, 11) is 1.60. The predicted molar refractivity (Wildman–Crippen MR) is 129 cm³/mol. The molecule has 3 rings (SSSR count). The highest BCUT2D eigenvalue weighted by atomic mass is 32.2. The summed E-state index contributed by atoms with van der Waals surface area (Å²) >= 11 is 1.26. The average molecular weight is 486 g/mol. The zero-order valence-electron chi connectivity index (χ0n) is 19.6. The van der Waals surface area contributed by atoms with Crippen LogP contribution in [0.25, 0.3) is 0 Å². The van der Waals surface area contributed by atoms with Gasteiger partial charge in [-0.15, -0.1) is 10.2 Å². The molecule has 10 nitrogen and oxygen atoms in total. The molecule has 0 fully saturated rings. The lowest BCUT2D eigenvalue weighted by atomic mass is 10.2. The second-order valence-corrected chi connectivity index (χ2v) is 9.10. The highest BCUT2D eigenvalue weighted by Crippen LogP contribution is 2.30. The van der Waals surface area contributed by atoms with Crippen LogP contribution in [-0.2, 0) is 4.79 Å². The second kappa shape index (κ2) is 11.0. The molecule has 0 bridgehead atoms. The molecule has 2 aromatic carbocycles. The predicted octanol–water partition coefficient (Wildman–Crippen LogP) is 5.04. The Kier molecular flexibility index (Phi) is 8.11. The zero-order valence-corrected chi connectivity index (χ0v) is 20.4. The van der Waals surface area contributed by atoms with E-state index in [4.69, 9.17) is 9.47 Å². The molecule has 0 aliphatic carbocycles. The summed E-state index contributed by atoms with van der Waals surface area (Å²) in [5, 5.41) is 22.4. The Labute approximate surface area is 201 Å². The van der Waals surface area contributed by atoms with Crippen LogP contribution in [0.5, 0.6) is 11.5 Å². The van der Waals surface area contributed by atoms with Crippen LogP contribution in [0.2, 0.25) is 0 Å². The van der Waals surface area contributed by atoms with Crippen LogP contribution < -0.4 is 14.8 Å². The highest BCUT2D eigenvalue weighted by molar-refractivity contribution is 8.00. The van der Waals surface area contributed by atoms with Crippen molar-refractivity contribution in [3.63, 3.8) is 0 Å². The van der Waals surface area contributed by atoms with Crippen molar-refractivity contribution < 1.29 is 19.2 Å². The van der Waals surface area contributed by atoms with Gasteiger partial charge < -0.3 is 19.4 Å². The van der Waals surface area contributed by atoms with Crippen molar-refractivity contribution in [1.82, 2.24) is 14.8 Å². The number of hydrogen-bond donors (Lipinski definition) is 1. The molecule has 1 aromatic heterocycles. The van der Waals surface area contributed by atoms with Gasteiger partial charge in [-0.05, 0) is 58.0 Å². The van der Waals surface area contributed by atoms with Crippen LogP contribution in [0.3, 0.4) is 0 Å². The fourth-order valence-electron chi connectivity index (χ4n) is 3.20. The third kappa shape index (κ3) is 6.04. The quantitative estimate of drug-likeness (QED) is 0.241. The summed E-state index contributed by atoms with van der Waals surface area (Å²) in [5.41, 5.74) is 0.271. The van der Waals surface area contributed by atoms with Crippen LogP contribution in [0, 0.1) is 10.1 Å².